The maximum Gasteiger partial charge on any atom is 0.0616 e. The van der Waals surface area contributed by atoms with Crippen LogP contribution in [0, 0.1) is 11.8 Å². The molecular formula is C16H34N2O. The lowest BCUT2D eigenvalue weighted by molar-refractivity contribution is 0.114. The van der Waals surface area contributed by atoms with E-state index in [1.165, 1.54) is 32.2 Å². The maximum absolute atomic E-state index is 9.78. The van der Waals surface area contributed by atoms with E-state index in [1.54, 1.807) is 0 Å². The Hall–Kier alpha value is -0.120. The molecule has 1 rings (SSSR count). The van der Waals surface area contributed by atoms with E-state index in [2.05, 4.69) is 38.0 Å². The van der Waals surface area contributed by atoms with Crippen LogP contribution in [0.3, 0.4) is 0 Å². The van der Waals surface area contributed by atoms with Crippen molar-refractivity contribution in [3.63, 3.8) is 0 Å². The van der Waals surface area contributed by atoms with Gasteiger partial charge < -0.3 is 15.3 Å². The molecule has 0 aromatic carbocycles. The second kappa shape index (κ2) is 8.23. The summed E-state index contributed by atoms with van der Waals surface area (Å²) in [6, 6.07) is 0. The van der Waals surface area contributed by atoms with Crippen LogP contribution in [0.5, 0.6) is 0 Å². The predicted molar refractivity (Wildman–Crippen MR) is 82.4 cm³/mol. The molecule has 0 bridgehead atoms. The highest BCUT2D eigenvalue weighted by Crippen LogP contribution is 2.37. The van der Waals surface area contributed by atoms with E-state index < -0.39 is 0 Å². The summed E-state index contributed by atoms with van der Waals surface area (Å²) in [5.41, 5.74) is 0.00758. The zero-order valence-corrected chi connectivity index (χ0v) is 13.4. The number of rotatable bonds is 9. The molecule has 1 fully saturated rings. The molecule has 0 aliphatic heterocycles. The SMILES string of the molecule is CCNC1(CO)CCCC1CCN(C)CCC(C)C. The fourth-order valence-electron chi connectivity index (χ4n) is 3.38. The molecular weight excluding hydrogens is 236 g/mol. The van der Waals surface area contributed by atoms with Crippen molar-refractivity contribution in [3.8, 4) is 0 Å². The van der Waals surface area contributed by atoms with Crippen LogP contribution in [-0.4, -0.2) is 48.8 Å². The van der Waals surface area contributed by atoms with Gasteiger partial charge in [0, 0.05) is 5.54 Å². The molecule has 3 nitrogen and oxygen atoms in total. The topological polar surface area (TPSA) is 35.5 Å². The minimum atomic E-state index is 0.00758. The Bertz CT molecular complexity index is 245. The highest BCUT2D eigenvalue weighted by Gasteiger charge is 2.41. The van der Waals surface area contributed by atoms with Crippen molar-refractivity contribution in [1.29, 1.82) is 0 Å². The molecule has 1 aliphatic carbocycles. The van der Waals surface area contributed by atoms with Crippen molar-refractivity contribution >= 4 is 0 Å². The first-order valence-electron chi connectivity index (χ1n) is 8.08. The van der Waals surface area contributed by atoms with E-state index in [9.17, 15) is 5.11 Å². The molecule has 1 aliphatic rings. The first-order valence-corrected chi connectivity index (χ1v) is 8.08. The standard InChI is InChI=1S/C16H34N2O/c1-5-17-16(13-19)10-6-7-15(16)9-12-18(4)11-8-14(2)3/h14-15,17,19H,5-13H2,1-4H3. The molecule has 0 heterocycles. The summed E-state index contributed by atoms with van der Waals surface area (Å²) in [6.45, 7) is 10.3. The minimum absolute atomic E-state index is 0.00758. The fraction of sp³-hybridized carbons (Fsp3) is 1.00. The van der Waals surface area contributed by atoms with E-state index in [0.29, 0.717) is 12.5 Å². The predicted octanol–water partition coefficient (Wildman–Crippen LogP) is 2.50. The third kappa shape index (κ3) is 5.05. The first-order chi connectivity index (χ1) is 9.04. The molecule has 2 unspecified atom stereocenters. The van der Waals surface area contributed by atoms with Crippen LogP contribution in [0.15, 0.2) is 0 Å². The Kier molecular flexibility index (Phi) is 7.33. The molecule has 114 valence electrons. The van der Waals surface area contributed by atoms with Crippen LogP contribution in [0.25, 0.3) is 0 Å². The highest BCUT2D eigenvalue weighted by atomic mass is 16.3. The third-order valence-electron chi connectivity index (χ3n) is 4.72. The molecule has 0 amide bonds. The third-order valence-corrected chi connectivity index (χ3v) is 4.72. The quantitative estimate of drug-likeness (QED) is 0.676. The van der Waals surface area contributed by atoms with Gasteiger partial charge in [0.25, 0.3) is 0 Å². The minimum Gasteiger partial charge on any atom is -0.394 e. The summed E-state index contributed by atoms with van der Waals surface area (Å²) in [5, 5.41) is 13.3. The van der Waals surface area contributed by atoms with Gasteiger partial charge in [0.15, 0.2) is 0 Å². The lowest BCUT2D eigenvalue weighted by atomic mass is 9.85. The Morgan fingerprint density at radius 3 is 2.68 bits per heavy atom. The van der Waals surface area contributed by atoms with Gasteiger partial charge >= 0.3 is 0 Å². The van der Waals surface area contributed by atoms with Crippen LogP contribution in [-0.2, 0) is 0 Å². The Balaban J connectivity index is 2.38. The summed E-state index contributed by atoms with van der Waals surface area (Å²) < 4.78 is 0. The van der Waals surface area contributed by atoms with Crippen molar-refractivity contribution in [2.45, 2.75) is 58.4 Å². The van der Waals surface area contributed by atoms with E-state index in [-0.39, 0.29) is 5.54 Å². The normalized spacial score (nSPS) is 27.6. The monoisotopic (exact) mass is 270 g/mol. The molecule has 19 heavy (non-hydrogen) atoms. The summed E-state index contributed by atoms with van der Waals surface area (Å²) in [4.78, 5) is 2.45. The van der Waals surface area contributed by atoms with Crippen molar-refractivity contribution in [2.24, 2.45) is 11.8 Å². The van der Waals surface area contributed by atoms with Crippen LogP contribution in [0.2, 0.25) is 0 Å². The van der Waals surface area contributed by atoms with Crippen LogP contribution >= 0.6 is 0 Å². The molecule has 0 aromatic heterocycles. The largest absolute Gasteiger partial charge is 0.394 e. The molecule has 0 radical (unpaired) electrons. The molecule has 1 saturated carbocycles. The first kappa shape index (κ1) is 16.9. The summed E-state index contributed by atoms with van der Waals surface area (Å²) >= 11 is 0. The van der Waals surface area contributed by atoms with Crippen molar-refractivity contribution in [2.75, 3.05) is 33.3 Å². The van der Waals surface area contributed by atoms with Gasteiger partial charge in [-0.2, -0.15) is 0 Å². The zero-order valence-electron chi connectivity index (χ0n) is 13.4. The summed E-state index contributed by atoms with van der Waals surface area (Å²) in [6.07, 6.45) is 6.15. The highest BCUT2D eigenvalue weighted by molar-refractivity contribution is 4.98. The number of hydrogen-bond acceptors (Lipinski definition) is 3. The average molecular weight is 270 g/mol. The maximum atomic E-state index is 9.78. The number of likely N-dealkylation sites (N-methyl/N-ethyl adjacent to an activating group) is 1. The van der Waals surface area contributed by atoms with Crippen LogP contribution < -0.4 is 5.32 Å². The van der Waals surface area contributed by atoms with Crippen molar-refractivity contribution in [3.05, 3.63) is 0 Å². The molecule has 2 atom stereocenters. The molecule has 0 spiro atoms. The number of aliphatic hydroxyl groups is 1. The Morgan fingerprint density at radius 1 is 1.37 bits per heavy atom. The van der Waals surface area contributed by atoms with Gasteiger partial charge in [0.2, 0.25) is 0 Å². The molecule has 0 aromatic rings. The molecule has 2 N–H and O–H groups in total. The average Bonchev–Trinajstić information content (AvgIpc) is 2.78. The second-order valence-electron chi connectivity index (χ2n) is 6.71. The second-order valence-corrected chi connectivity index (χ2v) is 6.71. The lowest BCUT2D eigenvalue weighted by Gasteiger charge is -2.35. The van der Waals surface area contributed by atoms with Crippen LogP contribution in [0.4, 0.5) is 0 Å². The van der Waals surface area contributed by atoms with Gasteiger partial charge in [0.1, 0.15) is 0 Å². The van der Waals surface area contributed by atoms with Gasteiger partial charge in [-0.05, 0) is 64.2 Å². The van der Waals surface area contributed by atoms with Crippen molar-refractivity contribution in [1.82, 2.24) is 10.2 Å². The van der Waals surface area contributed by atoms with Crippen LogP contribution in [0.1, 0.15) is 52.9 Å². The van der Waals surface area contributed by atoms with E-state index in [0.717, 1.165) is 25.4 Å². The summed E-state index contributed by atoms with van der Waals surface area (Å²) in [7, 11) is 2.23. The number of nitrogens with one attached hydrogen (secondary N) is 1. The number of aliphatic hydroxyl groups excluding tert-OH is 1. The van der Waals surface area contributed by atoms with E-state index >= 15 is 0 Å². The summed E-state index contributed by atoms with van der Waals surface area (Å²) in [5.74, 6) is 1.42. The smallest absolute Gasteiger partial charge is 0.0616 e. The van der Waals surface area contributed by atoms with Gasteiger partial charge in [-0.1, -0.05) is 27.2 Å². The Labute approximate surface area is 119 Å². The molecule has 3 heteroatoms. The lowest BCUT2D eigenvalue weighted by Crippen LogP contribution is -2.51. The van der Waals surface area contributed by atoms with Gasteiger partial charge in [0.05, 0.1) is 6.61 Å². The fourth-order valence-corrected chi connectivity index (χ4v) is 3.38. The molecule has 0 saturated heterocycles. The van der Waals surface area contributed by atoms with E-state index in [1.807, 2.05) is 0 Å². The van der Waals surface area contributed by atoms with Crippen molar-refractivity contribution < 1.29 is 5.11 Å². The number of hydrogen-bond donors (Lipinski definition) is 2. The number of nitrogens with zero attached hydrogens (tertiary/aromatic N) is 1. The van der Waals surface area contributed by atoms with Gasteiger partial charge in [-0.3, -0.25) is 0 Å². The van der Waals surface area contributed by atoms with Gasteiger partial charge in [-0.25, -0.2) is 0 Å². The van der Waals surface area contributed by atoms with E-state index in [4.69, 9.17) is 0 Å². The Morgan fingerprint density at radius 2 is 2.11 bits per heavy atom. The zero-order chi connectivity index (χ0) is 14.3. The van der Waals surface area contributed by atoms with Gasteiger partial charge in [-0.15, -0.1) is 0 Å².